The highest BCUT2D eigenvalue weighted by molar-refractivity contribution is 6.30. The molecule has 2 fully saturated rings. The van der Waals surface area contributed by atoms with Crippen LogP contribution in [0.5, 0.6) is 0 Å². The number of carbonyl (C=O) groups excluding carboxylic acids is 1. The van der Waals surface area contributed by atoms with E-state index in [1.54, 1.807) is 25.3 Å². The first-order chi connectivity index (χ1) is 13.4. The predicted molar refractivity (Wildman–Crippen MR) is 107 cm³/mol. The normalized spacial score (nSPS) is 27.1. The average Bonchev–Trinajstić information content (AvgIpc) is 2.87. The minimum absolute atomic E-state index is 0.266. The molecule has 4 nitrogen and oxygen atoms in total. The predicted octanol–water partition coefficient (Wildman–Crippen LogP) is 3.96. The Morgan fingerprint density at radius 2 is 1.96 bits per heavy atom. The first kappa shape index (κ1) is 19.4. The van der Waals surface area contributed by atoms with Gasteiger partial charge >= 0.3 is 0 Å². The number of primary amides is 1. The molecule has 2 atom stereocenters. The van der Waals surface area contributed by atoms with Crippen LogP contribution in [0.15, 0.2) is 42.5 Å². The van der Waals surface area contributed by atoms with Crippen LogP contribution in [-0.2, 0) is 16.9 Å². The van der Waals surface area contributed by atoms with E-state index in [1.165, 1.54) is 6.07 Å². The van der Waals surface area contributed by atoms with Gasteiger partial charge in [0.2, 0.25) is 5.91 Å². The fraction of sp³-hybridized carbons (Fsp3) is 0.409. The first-order valence-corrected chi connectivity index (χ1v) is 9.93. The summed E-state index contributed by atoms with van der Waals surface area (Å²) >= 11 is 5.87. The Hall–Kier alpha value is -1.95. The van der Waals surface area contributed by atoms with Crippen LogP contribution in [-0.4, -0.2) is 31.0 Å². The molecule has 1 saturated carbocycles. The van der Waals surface area contributed by atoms with Crippen molar-refractivity contribution in [3.8, 4) is 0 Å². The lowest BCUT2D eigenvalue weighted by atomic mass is 9.74. The largest absolute Gasteiger partial charge is 0.373 e. The van der Waals surface area contributed by atoms with Crippen molar-refractivity contribution in [2.24, 2.45) is 17.6 Å². The van der Waals surface area contributed by atoms with E-state index in [9.17, 15) is 9.18 Å². The van der Waals surface area contributed by atoms with Gasteiger partial charge in [0.15, 0.2) is 0 Å². The molecule has 1 aliphatic carbocycles. The number of hydrogen-bond acceptors (Lipinski definition) is 3. The maximum Gasteiger partial charge on any atom is 0.248 e. The number of benzene rings is 2. The third-order valence-corrected chi connectivity index (χ3v) is 6.61. The number of nitrogens with two attached hydrogens (primary N) is 1. The number of amides is 1. The molecule has 2 bridgehead atoms. The molecule has 2 N–H and O–H groups in total. The monoisotopic (exact) mass is 402 g/mol. The van der Waals surface area contributed by atoms with Gasteiger partial charge in [-0.05, 0) is 42.7 Å². The van der Waals surface area contributed by atoms with Gasteiger partial charge in [0.1, 0.15) is 11.4 Å². The third kappa shape index (κ3) is 3.21. The molecule has 4 rings (SSSR count). The van der Waals surface area contributed by atoms with Crippen molar-refractivity contribution in [2.45, 2.75) is 25.0 Å². The van der Waals surface area contributed by atoms with Crippen LogP contribution in [0.3, 0.4) is 0 Å². The summed E-state index contributed by atoms with van der Waals surface area (Å²) < 4.78 is 20.4. The number of methoxy groups -OCH3 is 1. The molecule has 0 spiro atoms. The summed E-state index contributed by atoms with van der Waals surface area (Å²) in [4.78, 5) is 13.9. The van der Waals surface area contributed by atoms with Crippen molar-refractivity contribution in [1.82, 2.24) is 4.90 Å². The van der Waals surface area contributed by atoms with E-state index in [1.807, 2.05) is 18.2 Å². The maximum atomic E-state index is 14.2. The molecule has 1 saturated heterocycles. The highest BCUT2D eigenvalue weighted by Crippen LogP contribution is 2.53. The highest BCUT2D eigenvalue weighted by atomic mass is 35.5. The van der Waals surface area contributed by atoms with Gasteiger partial charge in [-0.3, -0.25) is 9.69 Å². The summed E-state index contributed by atoms with van der Waals surface area (Å²) in [5, 5.41) is 0.410. The Labute approximate surface area is 169 Å². The quantitative estimate of drug-likeness (QED) is 0.823. The summed E-state index contributed by atoms with van der Waals surface area (Å²) in [5.74, 6) is -0.154. The summed E-state index contributed by atoms with van der Waals surface area (Å²) in [5.41, 5.74) is 7.22. The van der Waals surface area contributed by atoms with Crippen molar-refractivity contribution >= 4 is 17.5 Å². The van der Waals surface area contributed by atoms with Gasteiger partial charge in [-0.15, -0.1) is 0 Å². The zero-order valence-corrected chi connectivity index (χ0v) is 16.6. The molecule has 1 heterocycles. The van der Waals surface area contributed by atoms with Crippen LogP contribution in [0.25, 0.3) is 0 Å². The molecule has 2 aromatic carbocycles. The summed E-state index contributed by atoms with van der Waals surface area (Å²) in [6.07, 6.45) is 2.08. The second-order valence-electron chi connectivity index (χ2n) is 7.84. The fourth-order valence-electron chi connectivity index (χ4n) is 5.17. The van der Waals surface area contributed by atoms with Crippen LogP contribution in [0.4, 0.5) is 4.39 Å². The summed E-state index contributed by atoms with van der Waals surface area (Å²) in [6.45, 7) is 2.18. The van der Waals surface area contributed by atoms with Gasteiger partial charge in [-0.25, -0.2) is 4.39 Å². The van der Waals surface area contributed by atoms with Crippen LogP contribution in [0.1, 0.15) is 34.3 Å². The number of piperidine rings is 1. The molecule has 2 aliphatic rings. The van der Waals surface area contributed by atoms with Gasteiger partial charge in [0.25, 0.3) is 0 Å². The van der Waals surface area contributed by atoms with E-state index in [2.05, 4.69) is 4.90 Å². The van der Waals surface area contributed by atoms with E-state index in [0.717, 1.165) is 31.5 Å². The number of halogens is 2. The van der Waals surface area contributed by atoms with Crippen molar-refractivity contribution in [2.75, 3.05) is 20.2 Å². The first-order valence-electron chi connectivity index (χ1n) is 9.56. The lowest BCUT2D eigenvalue weighted by Gasteiger charge is -2.47. The molecule has 1 aliphatic heterocycles. The number of ether oxygens (including phenoxy) is 1. The molecule has 0 aromatic heterocycles. The van der Waals surface area contributed by atoms with Crippen molar-refractivity contribution in [3.63, 3.8) is 0 Å². The average molecular weight is 403 g/mol. The Bertz CT molecular complexity index is 890. The third-order valence-electron chi connectivity index (χ3n) is 6.38. The summed E-state index contributed by atoms with van der Waals surface area (Å²) in [7, 11) is 1.75. The molecule has 2 unspecified atom stereocenters. The molecular formula is C22H24ClFN2O2. The molecule has 148 valence electrons. The number of fused-ring (bicyclic) bond motifs is 2. The molecule has 2 aromatic rings. The number of likely N-dealkylation sites (tertiary alicyclic amines) is 1. The van der Waals surface area contributed by atoms with E-state index in [0.29, 0.717) is 22.7 Å². The molecule has 1 amide bonds. The van der Waals surface area contributed by atoms with Gasteiger partial charge in [0, 0.05) is 54.7 Å². The Morgan fingerprint density at radius 1 is 1.25 bits per heavy atom. The Kier molecular flexibility index (Phi) is 5.17. The van der Waals surface area contributed by atoms with Gasteiger partial charge in [0.05, 0.1) is 0 Å². The maximum absolute atomic E-state index is 14.2. The number of hydrogen-bond donors (Lipinski definition) is 1. The lowest BCUT2D eigenvalue weighted by molar-refractivity contribution is -0.120. The summed E-state index contributed by atoms with van der Waals surface area (Å²) in [6, 6.07) is 12.3. The number of carbonyl (C=O) groups is 1. The van der Waals surface area contributed by atoms with Crippen molar-refractivity contribution in [3.05, 3.63) is 70.0 Å². The smallest absolute Gasteiger partial charge is 0.248 e. The molecular weight excluding hydrogens is 379 g/mol. The zero-order chi connectivity index (χ0) is 19.9. The number of rotatable bonds is 5. The fourth-order valence-corrected chi connectivity index (χ4v) is 5.33. The second kappa shape index (κ2) is 7.47. The Morgan fingerprint density at radius 3 is 2.57 bits per heavy atom. The second-order valence-corrected chi connectivity index (χ2v) is 8.28. The topological polar surface area (TPSA) is 55.6 Å². The van der Waals surface area contributed by atoms with E-state index in [-0.39, 0.29) is 17.7 Å². The SMILES string of the molecule is COC1(c2cccc(C(N)=O)c2)C2CCC1CN(Cc1ccc(Cl)cc1F)C2. The molecule has 0 radical (unpaired) electrons. The van der Waals surface area contributed by atoms with Crippen LogP contribution >= 0.6 is 11.6 Å². The minimum atomic E-state index is -0.434. The van der Waals surface area contributed by atoms with Gasteiger partial charge in [-0.1, -0.05) is 29.8 Å². The van der Waals surface area contributed by atoms with E-state index in [4.69, 9.17) is 22.1 Å². The zero-order valence-electron chi connectivity index (χ0n) is 15.8. The number of nitrogens with zero attached hydrogens (tertiary/aromatic N) is 1. The molecule has 6 heteroatoms. The standard InChI is InChI=1S/C22H24ClFN2O2/c1-28-22(16-4-2-3-14(9-16)21(25)27)17-6-7-18(22)13-26(12-17)11-15-5-8-19(23)10-20(15)24/h2-5,8-10,17-18H,6-7,11-13H2,1H3,(H2,25,27). The van der Waals surface area contributed by atoms with Crippen molar-refractivity contribution < 1.29 is 13.9 Å². The Balaban J connectivity index is 1.60. The molecule has 28 heavy (non-hydrogen) atoms. The van der Waals surface area contributed by atoms with Crippen LogP contribution in [0.2, 0.25) is 5.02 Å². The van der Waals surface area contributed by atoms with Crippen molar-refractivity contribution in [1.29, 1.82) is 0 Å². The van der Waals surface area contributed by atoms with E-state index < -0.39 is 11.5 Å². The van der Waals surface area contributed by atoms with Gasteiger partial charge in [-0.2, -0.15) is 0 Å². The van der Waals surface area contributed by atoms with E-state index >= 15 is 0 Å². The van der Waals surface area contributed by atoms with Crippen LogP contribution in [0, 0.1) is 17.7 Å². The van der Waals surface area contributed by atoms with Crippen LogP contribution < -0.4 is 5.73 Å². The highest BCUT2D eigenvalue weighted by Gasteiger charge is 2.55. The lowest BCUT2D eigenvalue weighted by Crippen LogP contribution is -2.52. The van der Waals surface area contributed by atoms with Gasteiger partial charge < -0.3 is 10.5 Å². The minimum Gasteiger partial charge on any atom is -0.373 e.